The molecule has 0 bridgehead atoms. The van der Waals surface area contributed by atoms with Gasteiger partial charge in [-0.1, -0.05) is 0 Å². The quantitative estimate of drug-likeness (QED) is 0.900. The van der Waals surface area contributed by atoms with E-state index in [-0.39, 0.29) is 12.3 Å². The van der Waals surface area contributed by atoms with Crippen molar-refractivity contribution >= 4 is 11.5 Å². The van der Waals surface area contributed by atoms with Crippen LogP contribution in [0.15, 0.2) is 0 Å². The maximum absolute atomic E-state index is 13.1. The van der Waals surface area contributed by atoms with E-state index in [1.165, 1.54) is 7.11 Å². The number of anilines is 1. The van der Waals surface area contributed by atoms with Gasteiger partial charge in [-0.05, 0) is 26.7 Å². The summed E-state index contributed by atoms with van der Waals surface area (Å²) in [6, 6.07) is 0. The zero-order valence-electron chi connectivity index (χ0n) is 14.3. The van der Waals surface area contributed by atoms with E-state index >= 15 is 0 Å². The Morgan fingerprint density at radius 1 is 1.16 bits per heavy atom. The highest BCUT2D eigenvalue weighted by atomic mass is 19.4. The molecular weight excluding hydrogens is 339 g/mol. The Hall–Kier alpha value is -1.94. The number of hydrogen-bond donors (Lipinski definition) is 1. The van der Waals surface area contributed by atoms with Crippen molar-refractivity contribution in [1.29, 1.82) is 0 Å². The van der Waals surface area contributed by atoms with Crippen molar-refractivity contribution in [3.05, 3.63) is 17.0 Å². The molecule has 138 valence electrons. The standard InChI is InChI=1S/C15H20F3N5O2/c1-9-10(2)12(22-6-4-14(24,5-7-22)8-25-3)21-23-11(9)19-20-13(23)15(16,17)18/h24H,4-8H2,1-3H3. The number of aromatic nitrogens is 4. The van der Waals surface area contributed by atoms with Gasteiger partial charge in [0.2, 0.25) is 0 Å². The molecule has 1 aliphatic heterocycles. The molecule has 0 atom stereocenters. The molecule has 0 unspecified atom stereocenters. The van der Waals surface area contributed by atoms with Crippen LogP contribution in [0.4, 0.5) is 19.0 Å². The lowest BCUT2D eigenvalue weighted by molar-refractivity contribution is -0.146. The second-order valence-corrected chi connectivity index (χ2v) is 6.47. The Morgan fingerprint density at radius 3 is 2.36 bits per heavy atom. The van der Waals surface area contributed by atoms with Crippen molar-refractivity contribution in [3.63, 3.8) is 0 Å². The van der Waals surface area contributed by atoms with Gasteiger partial charge in [-0.25, -0.2) is 0 Å². The lowest BCUT2D eigenvalue weighted by Crippen LogP contribution is -2.47. The highest BCUT2D eigenvalue weighted by molar-refractivity contribution is 5.59. The lowest BCUT2D eigenvalue weighted by Gasteiger charge is -2.38. The molecule has 3 heterocycles. The van der Waals surface area contributed by atoms with E-state index in [9.17, 15) is 18.3 Å². The molecule has 1 fully saturated rings. The van der Waals surface area contributed by atoms with Gasteiger partial charge in [0.25, 0.3) is 5.82 Å². The predicted molar refractivity (Wildman–Crippen MR) is 83.5 cm³/mol. The maximum Gasteiger partial charge on any atom is 0.453 e. The number of halogens is 3. The first-order valence-corrected chi connectivity index (χ1v) is 7.92. The monoisotopic (exact) mass is 359 g/mol. The van der Waals surface area contributed by atoms with Crippen LogP contribution in [0.3, 0.4) is 0 Å². The fraction of sp³-hybridized carbons (Fsp3) is 0.667. The van der Waals surface area contributed by atoms with Gasteiger partial charge in [-0.3, -0.25) is 0 Å². The van der Waals surface area contributed by atoms with Crippen LogP contribution in [-0.2, 0) is 10.9 Å². The summed E-state index contributed by atoms with van der Waals surface area (Å²) < 4.78 is 45.2. The zero-order chi connectivity index (χ0) is 18.4. The normalized spacial score (nSPS) is 18.1. The highest BCUT2D eigenvalue weighted by Gasteiger charge is 2.39. The van der Waals surface area contributed by atoms with Crippen LogP contribution >= 0.6 is 0 Å². The molecule has 1 aliphatic rings. The molecule has 0 saturated carbocycles. The van der Waals surface area contributed by atoms with E-state index in [1.807, 2.05) is 4.90 Å². The van der Waals surface area contributed by atoms with Crippen molar-refractivity contribution in [3.8, 4) is 0 Å². The molecule has 0 aliphatic carbocycles. The topological polar surface area (TPSA) is 75.8 Å². The van der Waals surface area contributed by atoms with Crippen molar-refractivity contribution in [2.45, 2.75) is 38.5 Å². The third-order valence-electron chi connectivity index (χ3n) is 4.73. The predicted octanol–water partition coefficient (Wildman–Crippen LogP) is 1.74. The number of nitrogens with zero attached hydrogens (tertiary/aromatic N) is 5. The van der Waals surface area contributed by atoms with Crippen LogP contribution in [0, 0.1) is 13.8 Å². The van der Waals surface area contributed by atoms with Crippen LogP contribution in [0.1, 0.15) is 29.8 Å². The molecule has 10 heteroatoms. The van der Waals surface area contributed by atoms with Crippen LogP contribution in [-0.4, -0.2) is 57.3 Å². The van der Waals surface area contributed by atoms with E-state index in [0.29, 0.717) is 37.3 Å². The van der Waals surface area contributed by atoms with Crippen molar-refractivity contribution in [1.82, 2.24) is 19.8 Å². The molecule has 7 nitrogen and oxygen atoms in total. The zero-order valence-corrected chi connectivity index (χ0v) is 14.3. The number of fused-ring (bicyclic) bond motifs is 1. The Morgan fingerprint density at radius 2 is 1.80 bits per heavy atom. The third kappa shape index (κ3) is 3.15. The maximum atomic E-state index is 13.1. The Bertz CT molecular complexity index is 782. The molecule has 2 aromatic heterocycles. The molecule has 2 aromatic rings. The van der Waals surface area contributed by atoms with Crippen molar-refractivity contribution in [2.24, 2.45) is 0 Å². The minimum atomic E-state index is -4.63. The number of aryl methyl sites for hydroxylation is 1. The minimum absolute atomic E-state index is 0.0986. The molecule has 25 heavy (non-hydrogen) atoms. The molecular formula is C15H20F3N5O2. The van der Waals surface area contributed by atoms with Gasteiger partial charge in [0.1, 0.15) is 0 Å². The lowest BCUT2D eigenvalue weighted by atomic mass is 9.92. The number of ether oxygens (including phenoxy) is 1. The van der Waals surface area contributed by atoms with Gasteiger partial charge < -0.3 is 14.7 Å². The smallest absolute Gasteiger partial charge is 0.387 e. The molecule has 0 spiro atoms. The molecule has 0 aromatic carbocycles. The summed E-state index contributed by atoms with van der Waals surface area (Å²) in [5.74, 6) is -0.686. The molecule has 1 N–H and O–H groups in total. The summed E-state index contributed by atoms with van der Waals surface area (Å²) in [6.07, 6.45) is -3.73. The highest BCUT2D eigenvalue weighted by Crippen LogP contribution is 2.32. The molecule has 0 radical (unpaired) electrons. The van der Waals surface area contributed by atoms with Gasteiger partial charge in [-0.2, -0.15) is 17.7 Å². The Balaban J connectivity index is 1.99. The average Bonchev–Trinajstić information content (AvgIpc) is 2.96. The fourth-order valence-corrected chi connectivity index (χ4v) is 3.14. The van der Waals surface area contributed by atoms with Crippen molar-refractivity contribution < 1.29 is 23.0 Å². The first-order chi connectivity index (χ1) is 11.7. The summed E-state index contributed by atoms with van der Waals surface area (Å²) in [7, 11) is 1.53. The SMILES string of the molecule is COCC1(O)CCN(c2nn3c(C(F)(F)F)nnc3c(C)c2C)CC1. The van der Waals surface area contributed by atoms with Gasteiger partial charge in [0.05, 0.1) is 12.2 Å². The summed E-state index contributed by atoms with van der Waals surface area (Å²) >= 11 is 0. The van der Waals surface area contributed by atoms with Crippen LogP contribution in [0.25, 0.3) is 5.65 Å². The number of alkyl halides is 3. The van der Waals surface area contributed by atoms with Gasteiger partial charge >= 0.3 is 6.18 Å². The van der Waals surface area contributed by atoms with E-state index in [2.05, 4.69) is 15.3 Å². The summed E-state index contributed by atoms with van der Waals surface area (Å²) in [5, 5.41) is 21.5. The summed E-state index contributed by atoms with van der Waals surface area (Å²) in [6.45, 7) is 4.69. The van der Waals surface area contributed by atoms with Gasteiger partial charge in [0, 0.05) is 31.3 Å². The average molecular weight is 359 g/mol. The number of hydrogen-bond acceptors (Lipinski definition) is 6. The summed E-state index contributed by atoms with van der Waals surface area (Å²) in [4.78, 5) is 1.88. The first kappa shape index (κ1) is 17.9. The molecule has 1 saturated heterocycles. The number of rotatable bonds is 3. The fourth-order valence-electron chi connectivity index (χ4n) is 3.14. The van der Waals surface area contributed by atoms with Crippen molar-refractivity contribution in [2.75, 3.05) is 31.7 Å². The third-order valence-corrected chi connectivity index (χ3v) is 4.73. The largest absolute Gasteiger partial charge is 0.453 e. The number of piperidine rings is 1. The molecule has 0 amide bonds. The Kier molecular flexibility index (Phi) is 4.36. The minimum Gasteiger partial charge on any atom is -0.387 e. The van der Waals surface area contributed by atoms with Gasteiger partial charge in [-0.15, -0.1) is 15.3 Å². The number of aliphatic hydroxyl groups is 1. The van der Waals surface area contributed by atoms with E-state index < -0.39 is 17.6 Å². The number of methoxy groups -OCH3 is 1. The molecule has 3 rings (SSSR count). The van der Waals surface area contributed by atoms with Crippen LogP contribution in [0.2, 0.25) is 0 Å². The Labute approximate surface area is 142 Å². The van der Waals surface area contributed by atoms with E-state index in [1.54, 1.807) is 13.8 Å². The summed E-state index contributed by atoms with van der Waals surface area (Å²) in [5.41, 5.74) is 0.546. The van der Waals surface area contributed by atoms with Crippen LogP contribution < -0.4 is 4.90 Å². The second kappa shape index (κ2) is 6.10. The van der Waals surface area contributed by atoms with E-state index in [4.69, 9.17) is 4.74 Å². The van der Waals surface area contributed by atoms with Gasteiger partial charge in [0.15, 0.2) is 11.5 Å². The van der Waals surface area contributed by atoms with Crippen LogP contribution in [0.5, 0.6) is 0 Å². The first-order valence-electron chi connectivity index (χ1n) is 7.92. The van der Waals surface area contributed by atoms with E-state index in [0.717, 1.165) is 10.1 Å². The second-order valence-electron chi connectivity index (χ2n) is 6.47.